The predicted octanol–water partition coefficient (Wildman–Crippen LogP) is 1.11. The number of rotatable bonds is 6. The minimum absolute atomic E-state index is 0.0677. The average molecular weight is 272 g/mol. The smallest absolute Gasteiger partial charge is 0.236 e. The van der Waals surface area contributed by atoms with Gasteiger partial charge in [-0.2, -0.15) is 0 Å². The maximum absolute atomic E-state index is 12.6. The highest BCUT2D eigenvalue weighted by atomic mass is 32.2. The lowest BCUT2D eigenvalue weighted by molar-refractivity contribution is -0.113. The van der Waals surface area contributed by atoms with Gasteiger partial charge in [0.1, 0.15) is 11.6 Å². The molecule has 0 radical (unpaired) electrons. The fraction of sp³-hybridized carbons (Fsp3) is 0.417. The van der Waals surface area contributed by atoms with E-state index in [4.69, 9.17) is 5.73 Å². The lowest BCUT2D eigenvalue weighted by Gasteiger charge is -2.08. The van der Waals surface area contributed by atoms with Crippen molar-refractivity contribution >= 4 is 22.4 Å². The SMILES string of the molecule is CC(CN)CS(=O)CC(=O)Nc1ccc(F)cc1. The standard InChI is InChI=1S/C12H17FN2O2S/c1-9(6-14)7-18(17)8-12(16)15-11-4-2-10(13)3-5-11/h2-5,9H,6-8,14H2,1H3,(H,15,16). The lowest BCUT2D eigenvalue weighted by Crippen LogP contribution is -2.25. The second-order valence-electron chi connectivity index (χ2n) is 4.15. The van der Waals surface area contributed by atoms with E-state index in [1.54, 1.807) is 0 Å². The van der Waals surface area contributed by atoms with Crippen molar-refractivity contribution in [1.82, 2.24) is 0 Å². The Morgan fingerprint density at radius 3 is 2.61 bits per heavy atom. The van der Waals surface area contributed by atoms with Gasteiger partial charge in [-0.1, -0.05) is 6.92 Å². The van der Waals surface area contributed by atoms with E-state index in [0.717, 1.165) is 0 Å². The first-order valence-electron chi connectivity index (χ1n) is 5.61. The van der Waals surface area contributed by atoms with Crippen molar-refractivity contribution in [3.63, 3.8) is 0 Å². The summed E-state index contributed by atoms with van der Waals surface area (Å²) in [6.07, 6.45) is 0. The zero-order chi connectivity index (χ0) is 13.5. The quantitative estimate of drug-likeness (QED) is 0.814. The first kappa shape index (κ1) is 14.8. The molecular weight excluding hydrogens is 255 g/mol. The second kappa shape index (κ2) is 7.23. The molecule has 1 amide bonds. The molecule has 1 aromatic carbocycles. The molecule has 0 aliphatic rings. The fourth-order valence-corrected chi connectivity index (χ4v) is 2.57. The zero-order valence-corrected chi connectivity index (χ0v) is 11.0. The largest absolute Gasteiger partial charge is 0.330 e. The molecule has 0 saturated heterocycles. The van der Waals surface area contributed by atoms with Gasteiger partial charge in [0.15, 0.2) is 0 Å². The van der Waals surface area contributed by atoms with E-state index in [1.165, 1.54) is 24.3 Å². The minimum Gasteiger partial charge on any atom is -0.330 e. The summed E-state index contributed by atoms with van der Waals surface area (Å²) in [5.41, 5.74) is 5.91. The van der Waals surface area contributed by atoms with Crippen LogP contribution in [-0.2, 0) is 15.6 Å². The summed E-state index contributed by atoms with van der Waals surface area (Å²) in [5.74, 6) is -0.239. The molecule has 4 nitrogen and oxygen atoms in total. The van der Waals surface area contributed by atoms with Gasteiger partial charge in [-0.25, -0.2) is 4.39 Å². The van der Waals surface area contributed by atoms with Crippen LogP contribution in [0.4, 0.5) is 10.1 Å². The van der Waals surface area contributed by atoms with Crippen LogP contribution >= 0.6 is 0 Å². The van der Waals surface area contributed by atoms with E-state index in [-0.39, 0.29) is 23.4 Å². The van der Waals surface area contributed by atoms with Gasteiger partial charge in [-0.05, 0) is 36.7 Å². The molecule has 1 rings (SSSR count). The summed E-state index contributed by atoms with van der Waals surface area (Å²) in [5, 5.41) is 2.56. The monoisotopic (exact) mass is 272 g/mol. The molecule has 100 valence electrons. The Balaban J connectivity index is 2.42. The summed E-state index contributed by atoms with van der Waals surface area (Å²) >= 11 is 0. The van der Waals surface area contributed by atoms with Crippen LogP contribution in [0.25, 0.3) is 0 Å². The number of amides is 1. The third-order valence-electron chi connectivity index (χ3n) is 2.29. The number of carbonyl (C=O) groups is 1. The Morgan fingerprint density at radius 2 is 2.06 bits per heavy atom. The van der Waals surface area contributed by atoms with Crippen molar-refractivity contribution in [3.8, 4) is 0 Å². The van der Waals surface area contributed by atoms with Crippen LogP contribution in [-0.4, -0.2) is 28.2 Å². The highest BCUT2D eigenvalue weighted by Crippen LogP contribution is 2.08. The van der Waals surface area contributed by atoms with Crippen molar-refractivity contribution in [3.05, 3.63) is 30.1 Å². The van der Waals surface area contributed by atoms with Crippen molar-refractivity contribution in [1.29, 1.82) is 0 Å². The highest BCUT2D eigenvalue weighted by molar-refractivity contribution is 7.85. The van der Waals surface area contributed by atoms with Crippen molar-refractivity contribution < 1.29 is 13.4 Å². The summed E-state index contributed by atoms with van der Waals surface area (Å²) < 4.78 is 24.2. The van der Waals surface area contributed by atoms with E-state index in [9.17, 15) is 13.4 Å². The Kier molecular flexibility index (Phi) is 5.94. The van der Waals surface area contributed by atoms with Crippen LogP contribution in [0.3, 0.4) is 0 Å². The summed E-state index contributed by atoms with van der Waals surface area (Å²) in [6, 6.07) is 5.42. The number of nitrogens with two attached hydrogens (primary N) is 1. The number of hydrogen-bond acceptors (Lipinski definition) is 3. The van der Waals surface area contributed by atoms with E-state index >= 15 is 0 Å². The molecule has 0 aliphatic heterocycles. The summed E-state index contributed by atoms with van der Waals surface area (Å²) in [4.78, 5) is 11.5. The zero-order valence-electron chi connectivity index (χ0n) is 10.2. The molecule has 6 heteroatoms. The topological polar surface area (TPSA) is 72.2 Å². The van der Waals surface area contributed by atoms with E-state index in [0.29, 0.717) is 18.0 Å². The molecule has 0 heterocycles. The van der Waals surface area contributed by atoms with E-state index in [2.05, 4.69) is 5.32 Å². The molecule has 0 aliphatic carbocycles. The third-order valence-corrected chi connectivity index (χ3v) is 3.82. The lowest BCUT2D eigenvalue weighted by atomic mass is 10.2. The fourth-order valence-electron chi connectivity index (χ4n) is 1.32. The normalized spacial score (nSPS) is 13.9. The van der Waals surface area contributed by atoms with Gasteiger partial charge >= 0.3 is 0 Å². The highest BCUT2D eigenvalue weighted by Gasteiger charge is 2.11. The van der Waals surface area contributed by atoms with E-state index < -0.39 is 10.8 Å². The molecule has 2 atom stereocenters. The molecule has 0 bridgehead atoms. The molecule has 0 saturated carbocycles. The van der Waals surface area contributed by atoms with Crippen LogP contribution in [0, 0.1) is 11.7 Å². The first-order valence-corrected chi connectivity index (χ1v) is 7.10. The van der Waals surface area contributed by atoms with E-state index in [1.807, 2.05) is 6.92 Å². The van der Waals surface area contributed by atoms with Gasteiger partial charge in [0.05, 0.1) is 0 Å². The molecule has 3 N–H and O–H groups in total. The Hall–Kier alpha value is -1.27. The van der Waals surface area contributed by atoms with Gasteiger partial charge < -0.3 is 11.1 Å². The molecule has 2 unspecified atom stereocenters. The summed E-state index contributed by atoms with van der Waals surface area (Å²) in [6.45, 7) is 2.33. The number of nitrogens with one attached hydrogen (secondary N) is 1. The number of benzene rings is 1. The minimum atomic E-state index is -1.22. The number of hydrogen-bond donors (Lipinski definition) is 2. The summed E-state index contributed by atoms with van der Waals surface area (Å²) in [7, 11) is -1.22. The average Bonchev–Trinajstić information content (AvgIpc) is 2.31. The Morgan fingerprint density at radius 1 is 1.44 bits per heavy atom. The number of anilines is 1. The number of carbonyl (C=O) groups excluding carboxylic acids is 1. The molecule has 0 aromatic heterocycles. The van der Waals surface area contributed by atoms with Crippen LogP contribution < -0.4 is 11.1 Å². The van der Waals surface area contributed by atoms with Crippen LogP contribution in [0.15, 0.2) is 24.3 Å². The molecule has 0 spiro atoms. The first-order chi connectivity index (χ1) is 8.51. The van der Waals surface area contributed by atoms with Crippen molar-refractivity contribution in [2.24, 2.45) is 11.7 Å². The Bertz CT molecular complexity index is 423. The van der Waals surface area contributed by atoms with Crippen LogP contribution in [0.5, 0.6) is 0 Å². The van der Waals surface area contributed by atoms with Gasteiger partial charge in [-0.3, -0.25) is 9.00 Å². The molecule has 0 fully saturated rings. The molecule has 1 aromatic rings. The predicted molar refractivity (Wildman–Crippen MR) is 71.1 cm³/mol. The van der Waals surface area contributed by atoms with Crippen LogP contribution in [0.2, 0.25) is 0 Å². The van der Waals surface area contributed by atoms with Crippen molar-refractivity contribution in [2.75, 3.05) is 23.4 Å². The maximum Gasteiger partial charge on any atom is 0.236 e. The maximum atomic E-state index is 12.6. The second-order valence-corrected chi connectivity index (χ2v) is 5.65. The van der Waals surface area contributed by atoms with Gasteiger partial charge in [0.25, 0.3) is 0 Å². The van der Waals surface area contributed by atoms with Crippen molar-refractivity contribution in [2.45, 2.75) is 6.92 Å². The third kappa shape index (κ3) is 5.37. The van der Waals surface area contributed by atoms with Gasteiger partial charge in [-0.15, -0.1) is 0 Å². The Labute approximate surface area is 108 Å². The van der Waals surface area contributed by atoms with Crippen LogP contribution in [0.1, 0.15) is 6.92 Å². The molecular formula is C12H17FN2O2S. The van der Waals surface area contributed by atoms with Gasteiger partial charge in [0.2, 0.25) is 5.91 Å². The van der Waals surface area contributed by atoms with Gasteiger partial charge in [0, 0.05) is 22.2 Å². The molecule has 18 heavy (non-hydrogen) atoms. The number of halogens is 1.